The Morgan fingerprint density at radius 1 is 0.370 bits per heavy atom. The molecular weight excluding hydrogens is 606 g/mol. The number of ether oxygens (including phenoxy) is 2. The molecule has 0 unspecified atom stereocenters. The molecule has 226 valence electrons. The fourth-order valence-electron chi connectivity index (χ4n) is 5.27. The average Bonchev–Trinajstić information content (AvgIpc) is 3.12. The van der Waals surface area contributed by atoms with Crippen molar-refractivity contribution in [1.29, 1.82) is 0 Å². The summed E-state index contributed by atoms with van der Waals surface area (Å²) in [7, 11) is -1.98. The van der Waals surface area contributed by atoms with Gasteiger partial charge in [-0.2, -0.15) is 0 Å². The van der Waals surface area contributed by atoms with E-state index in [1.807, 2.05) is 109 Å². The highest BCUT2D eigenvalue weighted by atomic mass is 31.1. The number of rotatable bonds is 11. The van der Waals surface area contributed by atoms with Crippen LogP contribution in [-0.4, -0.2) is 25.2 Å². The first kappa shape index (κ1) is 31.1. The molecule has 0 radical (unpaired) electrons. The second kappa shape index (κ2) is 15.4. The van der Waals surface area contributed by atoms with E-state index in [0.29, 0.717) is 11.1 Å². The third-order valence-corrected chi connectivity index (χ3v) is 12.3. The first-order chi connectivity index (χ1) is 22.7. The molecule has 0 heterocycles. The van der Waals surface area contributed by atoms with Crippen LogP contribution in [0.5, 0.6) is 0 Å². The second-order valence-corrected chi connectivity index (χ2v) is 14.7. The van der Waals surface area contributed by atoms with E-state index in [9.17, 15) is 9.59 Å². The van der Waals surface area contributed by atoms with Crippen LogP contribution in [0.3, 0.4) is 0 Å². The van der Waals surface area contributed by atoms with Crippen LogP contribution in [0.2, 0.25) is 0 Å². The molecule has 0 atom stereocenters. The summed E-state index contributed by atoms with van der Waals surface area (Å²) in [5.74, 6) is -0.883. The Morgan fingerprint density at radius 3 is 0.935 bits per heavy atom. The molecule has 4 nitrogen and oxygen atoms in total. The third kappa shape index (κ3) is 7.32. The molecule has 6 rings (SSSR count). The maximum atomic E-state index is 13.5. The summed E-state index contributed by atoms with van der Waals surface area (Å²) in [5.41, 5.74) is 1.02. The van der Waals surface area contributed by atoms with Crippen molar-refractivity contribution in [3.8, 4) is 0 Å². The highest BCUT2D eigenvalue weighted by Gasteiger charge is 2.25. The maximum Gasteiger partial charge on any atom is 0.338 e. The van der Waals surface area contributed by atoms with Gasteiger partial charge in [0.25, 0.3) is 0 Å². The second-order valence-electron chi connectivity index (χ2n) is 10.3. The van der Waals surface area contributed by atoms with E-state index in [4.69, 9.17) is 9.47 Å². The van der Waals surface area contributed by atoms with Crippen LogP contribution < -0.4 is 31.8 Å². The number of carbonyl (C=O) groups is 2. The molecule has 0 saturated heterocycles. The van der Waals surface area contributed by atoms with Crippen LogP contribution in [0.4, 0.5) is 0 Å². The summed E-state index contributed by atoms with van der Waals surface area (Å²) in [5, 5.41) is 6.40. The largest absolute Gasteiger partial charge is 0.458 e. The zero-order valence-electron chi connectivity index (χ0n) is 25.1. The lowest BCUT2D eigenvalue weighted by Crippen LogP contribution is -2.27. The minimum atomic E-state index is -0.991. The number of hydrogen-bond donors (Lipinski definition) is 0. The lowest BCUT2D eigenvalue weighted by Gasteiger charge is -2.22. The molecule has 6 heteroatoms. The quantitative estimate of drug-likeness (QED) is 0.0962. The summed E-state index contributed by atoms with van der Waals surface area (Å²) in [6.07, 6.45) is 0. The van der Waals surface area contributed by atoms with Crippen molar-refractivity contribution in [2.24, 2.45) is 0 Å². The van der Waals surface area contributed by atoms with Crippen molar-refractivity contribution in [3.05, 3.63) is 181 Å². The van der Waals surface area contributed by atoms with Crippen LogP contribution in [0.1, 0.15) is 20.7 Å². The van der Waals surface area contributed by atoms with Gasteiger partial charge in [0.2, 0.25) is 0 Å². The molecule has 0 aromatic heterocycles. The molecule has 0 fully saturated rings. The molecule has 0 aliphatic rings. The van der Waals surface area contributed by atoms with Gasteiger partial charge in [-0.1, -0.05) is 158 Å². The first-order valence-corrected chi connectivity index (χ1v) is 17.7. The molecule has 0 aliphatic heterocycles. The van der Waals surface area contributed by atoms with Gasteiger partial charge < -0.3 is 9.47 Å². The molecule has 0 spiro atoms. The van der Waals surface area contributed by atoms with Crippen LogP contribution in [0.15, 0.2) is 170 Å². The van der Waals surface area contributed by atoms with E-state index in [1.54, 1.807) is 12.1 Å². The molecule has 6 aromatic carbocycles. The van der Waals surface area contributed by atoms with Gasteiger partial charge in [0.15, 0.2) is 0 Å². The van der Waals surface area contributed by atoms with Crippen molar-refractivity contribution in [2.45, 2.75) is 0 Å². The zero-order valence-corrected chi connectivity index (χ0v) is 26.9. The van der Waals surface area contributed by atoms with Crippen molar-refractivity contribution in [3.63, 3.8) is 0 Å². The topological polar surface area (TPSA) is 52.6 Å². The Balaban J connectivity index is 1.17. The SMILES string of the molecule is O=C(OCCOC(=O)c1ccccc1P(c1ccccc1)c1ccccc1)c1ccccc1P(c1ccccc1)c1ccccc1. The number of carbonyl (C=O) groups excluding carboxylic acids is 2. The van der Waals surface area contributed by atoms with Gasteiger partial charge in [-0.3, -0.25) is 0 Å². The molecule has 0 N–H and O–H groups in total. The first-order valence-electron chi connectivity index (χ1n) is 15.0. The number of hydrogen-bond acceptors (Lipinski definition) is 4. The molecule has 0 saturated carbocycles. The molecule has 46 heavy (non-hydrogen) atoms. The molecule has 6 aromatic rings. The lowest BCUT2D eigenvalue weighted by molar-refractivity contribution is 0.0267. The van der Waals surface area contributed by atoms with E-state index in [1.165, 1.54) is 0 Å². The predicted molar refractivity (Wildman–Crippen MR) is 191 cm³/mol. The summed E-state index contributed by atoms with van der Waals surface area (Å²) in [4.78, 5) is 26.9. The smallest absolute Gasteiger partial charge is 0.338 e. The van der Waals surface area contributed by atoms with Gasteiger partial charge in [0.1, 0.15) is 13.2 Å². The van der Waals surface area contributed by atoms with Gasteiger partial charge in [-0.05, 0) is 59.8 Å². The van der Waals surface area contributed by atoms with Crippen molar-refractivity contribution in [2.75, 3.05) is 13.2 Å². The average molecular weight is 639 g/mol. The number of benzene rings is 6. The van der Waals surface area contributed by atoms with Crippen molar-refractivity contribution >= 4 is 59.6 Å². The zero-order chi connectivity index (χ0) is 31.6. The summed E-state index contributed by atoms with van der Waals surface area (Å²) < 4.78 is 11.4. The van der Waals surface area contributed by atoms with Gasteiger partial charge in [0.05, 0.1) is 11.1 Å². The highest BCUT2D eigenvalue weighted by molar-refractivity contribution is 7.80. The normalized spacial score (nSPS) is 10.9. The van der Waals surface area contributed by atoms with Crippen molar-refractivity contribution < 1.29 is 19.1 Å². The minimum absolute atomic E-state index is 0.0538. The van der Waals surface area contributed by atoms with Gasteiger partial charge in [0, 0.05) is 0 Å². The van der Waals surface area contributed by atoms with Gasteiger partial charge in [-0.25, -0.2) is 9.59 Å². The highest BCUT2D eigenvalue weighted by Crippen LogP contribution is 2.35. The van der Waals surface area contributed by atoms with E-state index >= 15 is 0 Å². The fourth-order valence-corrected chi connectivity index (χ4v) is 10.1. The molecular formula is C40H32O4P2. The van der Waals surface area contributed by atoms with E-state index in [-0.39, 0.29) is 13.2 Å². The maximum absolute atomic E-state index is 13.5. The van der Waals surface area contributed by atoms with Crippen LogP contribution in [0, 0.1) is 0 Å². The Labute approximate surface area is 272 Å². The summed E-state index contributed by atoms with van der Waals surface area (Å²) in [6.45, 7) is -0.108. The molecule has 0 aliphatic carbocycles. The third-order valence-electron chi connectivity index (χ3n) is 7.34. The van der Waals surface area contributed by atoms with Crippen LogP contribution in [0.25, 0.3) is 0 Å². The standard InChI is InChI=1S/C40H32O4P2/c41-39(35-25-13-15-27-37(35)45(31-17-5-1-6-18-31)32-19-7-2-8-20-32)43-29-30-44-40(42)36-26-14-16-28-38(36)46(33-21-9-3-10-22-33)34-23-11-4-12-24-34/h1-28H,29-30H2. The van der Waals surface area contributed by atoms with E-state index in [0.717, 1.165) is 31.8 Å². The summed E-state index contributed by atoms with van der Waals surface area (Å²) in [6, 6.07) is 56.1. The van der Waals surface area contributed by atoms with Gasteiger partial charge in [-0.15, -0.1) is 0 Å². The van der Waals surface area contributed by atoms with E-state index < -0.39 is 27.8 Å². The number of esters is 2. The molecule has 0 bridgehead atoms. The predicted octanol–water partition coefficient (Wildman–Crippen LogP) is 6.22. The lowest BCUT2D eigenvalue weighted by atomic mass is 10.2. The monoisotopic (exact) mass is 638 g/mol. The fraction of sp³-hybridized carbons (Fsp3) is 0.0500. The van der Waals surface area contributed by atoms with Crippen molar-refractivity contribution in [1.82, 2.24) is 0 Å². The van der Waals surface area contributed by atoms with Gasteiger partial charge >= 0.3 is 11.9 Å². The minimum Gasteiger partial charge on any atom is -0.458 e. The van der Waals surface area contributed by atoms with Crippen LogP contribution in [-0.2, 0) is 9.47 Å². The Kier molecular flexibility index (Phi) is 10.4. The van der Waals surface area contributed by atoms with E-state index in [2.05, 4.69) is 48.5 Å². The summed E-state index contributed by atoms with van der Waals surface area (Å²) >= 11 is 0. The Hall–Kier alpha value is -4.88. The Morgan fingerprint density at radius 2 is 0.630 bits per heavy atom. The van der Waals surface area contributed by atoms with Crippen LogP contribution >= 0.6 is 15.8 Å². The Bertz CT molecular complexity index is 1660. The molecule has 0 amide bonds.